The smallest absolute Gasteiger partial charge is 0.245 e. The molecule has 0 saturated carbocycles. The Labute approximate surface area is 242 Å². The highest BCUT2D eigenvalue weighted by atomic mass is 32.2. The van der Waals surface area contributed by atoms with Crippen molar-refractivity contribution in [1.29, 1.82) is 5.41 Å². The molecule has 3 aromatic carbocycles. The molecule has 2 aliphatic heterocycles. The van der Waals surface area contributed by atoms with Crippen LogP contribution in [-0.2, 0) is 4.79 Å². The van der Waals surface area contributed by atoms with E-state index < -0.39 is 0 Å². The maximum absolute atomic E-state index is 14.0. The van der Waals surface area contributed by atoms with Gasteiger partial charge in [-0.15, -0.1) is 11.8 Å². The van der Waals surface area contributed by atoms with Crippen LogP contribution in [0.2, 0.25) is 0 Å². The lowest BCUT2D eigenvalue weighted by atomic mass is 9.97. The molecular formula is C33H41N5OS. The van der Waals surface area contributed by atoms with Gasteiger partial charge in [-0.1, -0.05) is 49.2 Å². The summed E-state index contributed by atoms with van der Waals surface area (Å²) in [7, 11) is 0. The van der Waals surface area contributed by atoms with Gasteiger partial charge in [0.05, 0.1) is 5.69 Å². The highest BCUT2D eigenvalue weighted by Gasteiger charge is 2.35. The number of anilines is 3. The number of carbonyl (C=O) groups is 1. The fourth-order valence-corrected chi connectivity index (χ4v) is 7.20. The normalized spacial score (nSPS) is 21.2. The number of hydrogen-bond donors (Lipinski definition) is 3. The molecule has 0 bridgehead atoms. The van der Waals surface area contributed by atoms with Crippen LogP contribution in [0, 0.1) is 5.41 Å². The number of nitrogens with two attached hydrogens (primary N) is 1. The molecule has 0 radical (unpaired) electrons. The van der Waals surface area contributed by atoms with E-state index in [2.05, 4.69) is 42.3 Å². The Bertz CT molecular complexity index is 1320. The van der Waals surface area contributed by atoms with Gasteiger partial charge in [-0.25, -0.2) is 0 Å². The lowest BCUT2D eigenvalue weighted by Crippen LogP contribution is -2.44. The average molecular weight is 556 g/mol. The molecule has 5 rings (SSSR count). The number of unbranched alkanes of at least 4 members (excludes halogenated alkanes) is 2. The van der Waals surface area contributed by atoms with Gasteiger partial charge in [-0.3, -0.25) is 15.1 Å². The van der Waals surface area contributed by atoms with E-state index in [4.69, 9.17) is 11.1 Å². The molecule has 4 N–H and O–H groups in total. The largest absolute Gasteiger partial charge is 0.384 e. The van der Waals surface area contributed by atoms with Crippen molar-refractivity contribution in [1.82, 2.24) is 4.90 Å². The number of amidine groups is 1. The molecule has 0 aromatic heterocycles. The van der Waals surface area contributed by atoms with E-state index in [1.165, 1.54) is 19.3 Å². The lowest BCUT2D eigenvalue weighted by Gasteiger charge is -2.39. The van der Waals surface area contributed by atoms with Crippen molar-refractivity contribution in [2.24, 2.45) is 5.73 Å². The third kappa shape index (κ3) is 6.53. The molecule has 1 saturated heterocycles. The summed E-state index contributed by atoms with van der Waals surface area (Å²) in [6.07, 6.45) is 7.14. The quantitative estimate of drug-likeness (QED) is 0.139. The van der Waals surface area contributed by atoms with Crippen LogP contribution in [0.1, 0.15) is 68.7 Å². The summed E-state index contributed by atoms with van der Waals surface area (Å²) in [5.74, 6) is 0.106. The van der Waals surface area contributed by atoms with E-state index in [1.54, 1.807) is 11.8 Å². The molecule has 2 heterocycles. The number of amides is 1. The molecule has 0 aliphatic carbocycles. The van der Waals surface area contributed by atoms with Gasteiger partial charge in [0, 0.05) is 40.5 Å². The number of rotatable bonds is 10. The van der Waals surface area contributed by atoms with Crippen molar-refractivity contribution >= 4 is 40.6 Å². The second-order valence-electron chi connectivity index (χ2n) is 11.1. The first-order valence-electron chi connectivity index (χ1n) is 14.5. The Hall–Kier alpha value is -3.29. The van der Waals surface area contributed by atoms with Gasteiger partial charge in [-0.05, 0) is 88.0 Å². The van der Waals surface area contributed by atoms with Crippen molar-refractivity contribution in [3.05, 3.63) is 83.9 Å². The molecule has 210 valence electrons. The molecule has 1 fully saturated rings. The number of carbonyl (C=O) groups excluding carboxylic acids is 1. The summed E-state index contributed by atoms with van der Waals surface area (Å²) in [6, 6.07) is 25.3. The minimum atomic E-state index is -0.366. The number of benzene rings is 3. The van der Waals surface area contributed by atoms with Gasteiger partial charge >= 0.3 is 0 Å². The highest BCUT2D eigenvalue weighted by Crippen LogP contribution is 2.47. The van der Waals surface area contributed by atoms with Crippen molar-refractivity contribution in [3.8, 4) is 0 Å². The zero-order chi connectivity index (χ0) is 28.1. The third-order valence-corrected chi connectivity index (χ3v) is 9.53. The third-order valence-electron chi connectivity index (χ3n) is 8.22. The summed E-state index contributed by atoms with van der Waals surface area (Å²) < 4.78 is 0. The molecule has 2 aliphatic rings. The van der Waals surface area contributed by atoms with E-state index in [0.29, 0.717) is 24.2 Å². The minimum absolute atomic E-state index is 0.0151. The van der Waals surface area contributed by atoms with Crippen LogP contribution in [0.15, 0.2) is 77.7 Å². The van der Waals surface area contributed by atoms with E-state index in [0.717, 1.165) is 53.3 Å². The monoisotopic (exact) mass is 555 g/mol. The summed E-state index contributed by atoms with van der Waals surface area (Å²) in [5, 5.41) is 11.0. The van der Waals surface area contributed by atoms with Crippen LogP contribution in [-0.4, -0.2) is 41.8 Å². The van der Waals surface area contributed by atoms with Gasteiger partial charge < -0.3 is 16.0 Å². The Morgan fingerprint density at radius 1 is 0.925 bits per heavy atom. The van der Waals surface area contributed by atoms with Gasteiger partial charge in [0.1, 0.15) is 11.1 Å². The van der Waals surface area contributed by atoms with Gasteiger partial charge in [0.15, 0.2) is 0 Å². The number of nitrogens with zero attached hydrogens (tertiary/aromatic N) is 2. The molecule has 40 heavy (non-hydrogen) atoms. The van der Waals surface area contributed by atoms with Gasteiger partial charge in [0.2, 0.25) is 5.91 Å². The number of para-hydroxylation sites is 1. The number of piperidine rings is 1. The second kappa shape index (κ2) is 12.9. The standard InChI is InChI=1S/C33H41N5OS/c1-23-11-9-12-24(2)37(23)19-7-4-8-20-38-29-22-28(36-27-15-5-3-6-16-27)17-18-30(29)40-31(33(38)39)25-13-10-14-26(21-25)32(34)35/h3,5-6,10,13-18,21-24,31,36H,4,7-9,11-12,19-20H2,1-2H3,(H3,34,35)/t23-,24+,31?. The molecule has 0 spiro atoms. The predicted octanol–water partition coefficient (Wildman–Crippen LogP) is 7.33. The fraction of sp³-hybridized carbons (Fsp3) is 0.394. The molecule has 3 aromatic rings. The van der Waals surface area contributed by atoms with E-state index in [1.807, 2.05) is 59.5 Å². The van der Waals surface area contributed by atoms with Crippen LogP contribution in [0.5, 0.6) is 0 Å². The van der Waals surface area contributed by atoms with E-state index >= 15 is 0 Å². The summed E-state index contributed by atoms with van der Waals surface area (Å²) in [6.45, 7) is 6.54. The Balaban J connectivity index is 1.33. The number of thioether (sulfide) groups is 1. The zero-order valence-electron chi connectivity index (χ0n) is 23.6. The summed E-state index contributed by atoms with van der Waals surface area (Å²) >= 11 is 1.58. The molecule has 7 heteroatoms. The molecule has 1 unspecified atom stereocenters. The van der Waals surface area contributed by atoms with Crippen LogP contribution < -0.4 is 16.0 Å². The average Bonchev–Trinajstić information content (AvgIpc) is 2.95. The number of hydrogen-bond acceptors (Lipinski definition) is 5. The van der Waals surface area contributed by atoms with Gasteiger partial charge in [-0.2, -0.15) is 0 Å². The van der Waals surface area contributed by atoms with Crippen LogP contribution >= 0.6 is 11.8 Å². The number of nitrogen functional groups attached to an aromatic ring is 1. The number of likely N-dealkylation sites (tertiary alicyclic amines) is 1. The molecule has 3 atom stereocenters. The number of nitrogens with one attached hydrogen (secondary N) is 2. The molecule has 6 nitrogen and oxygen atoms in total. The highest BCUT2D eigenvalue weighted by molar-refractivity contribution is 8.00. The molecule has 1 amide bonds. The van der Waals surface area contributed by atoms with Crippen molar-refractivity contribution in [2.75, 3.05) is 23.3 Å². The first-order valence-corrected chi connectivity index (χ1v) is 15.4. The summed E-state index contributed by atoms with van der Waals surface area (Å²) in [4.78, 5) is 19.8. The maximum Gasteiger partial charge on any atom is 0.245 e. The topological polar surface area (TPSA) is 85.5 Å². The Morgan fingerprint density at radius 3 is 2.42 bits per heavy atom. The van der Waals surface area contributed by atoms with E-state index in [9.17, 15) is 4.79 Å². The lowest BCUT2D eigenvalue weighted by molar-refractivity contribution is -0.118. The first kappa shape index (κ1) is 28.2. The van der Waals surface area contributed by atoms with Crippen LogP contribution in [0.3, 0.4) is 0 Å². The predicted molar refractivity (Wildman–Crippen MR) is 168 cm³/mol. The molecular weight excluding hydrogens is 514 g/mol. The SMILES string of the molecule is C[C@@H]1CCC[C@H](C)N1CCCCCN1C(=O)C(c2cccc(C(=N)N)c2)Sc2ccc(Nc3ccccc3)cc21. The Kier molecular flexibility index (Phi) is 9.12. The van der Waals surface area contributed by atoms with Crippen molar-refractivity contribution < 1.29 is 4.79 Å². The first-order chi connectivity index (χ1) is 19.4. The van der Waals surface area contributed by atoms with Gasteiger partial charge in [0.25, 0.3) is 0 Å². The van der Waals surface area contributed by atoms with Crippen molar-refractivity contribution in [2.45, 2.75) is 74.6 Å². The minimum Gasteiger partial charge on any atom is -0.384 e. The second-order valence-corrected chi connectivity index (χ2v) is 12.3. The Morgan fingerprint density at radius 2 is 1.68 bits per heavy atom. The summed E-state index contributed by atoms with van der Waals surface area (Å²) in [5.41, 5.74) is 10.2. The maximum atomic E-state index is 14.0. The van der Waals surface area contributed by atoms with E-state index in [-0.39, 0.29) is 17.0 Å². The zero-order valence-corrected chi connectivity index (χ0v) is 24.4. The number of fused-ring (bicyclic) bond motifs is 1. The van der Waals surface area contributed by atoms with Crippen molar-refractivity contribution in [3.63, 3.8) is 0 Å². The fourth-order valence-electron chi connectivity index (χ4n) is 6.00. The van der Waals surface area contributed by atoms with Crippen LogP contribution in [0.4, 0.5) is 17.1 Å². The van der Waals surface area contributed by atoms with Crippen LogP contribution in [0.25, 0.3) is 0 Å².